The van der Waals surface area contributed by atoms with Gasteiger partial charge in [0.15, 0.2) is 16.0 Å². The number of phenols is 2. The van der Waals surface area contributed by atoms with Crippen LogP contribution in [0.2, 0.25) is 10.0 Å². The molecule has 8 nitrogen and oxygen atoms in total. The van der Waals surface area contributed by atoms with Crippen molar-refractivity contribution in [1.29, 1.82) is 0 Å². The molecule has 0 bridgehead atoms. The fourth-order valence-electron chi connectivity index (χ4n) is 3.11. The molecule has 31 heavy (non-hydrogen) atoms. The van der Waals surface area contributed by atoms with E-state index in [-0.39, 0.29) is 37.9 Å². The third kappa shape index (κ3) is 3.72. The molecule has 0 unspecified atom stereocenters. The Hall–Kier alpha value is -3.11. The summed E-state index contributed by atoms with van der Waals surface area (Å²) in [6.07, 6.45) is 0.953. The van der Waals surface area contributed by atoms with Gasteiger partial charge in [-0.3, -0.25) is 9.35 Å². The Bertz CT molecular complexity index is 1530. The van der Waals surface area contributed by atoms with Crippen molar-refractivity contribution in [3.63, 3.8) is 0 Å². The molecular formula is C20H11Cl2NO7S. The van der Waals surface area contributed by atoms with Crippen molar-refractivity contribution in [3.05, 3.63) is 68.9 Å². The Morgan fingerprint density at radius 3 is 2.32 bits per heavy atom. The molecule has 3 N–H and O–H groups in total. The number of aromatic nitrogens is 1. The molecule has 2 aromatic carbocycles. The van der Waals surface area contributed by atoms with Crippen molar-refractivity contribution in [1.82, 2.24) is 4.98 Å². The zero-order valence-corrected chi connectivity index (χ0v) is 17.5. The lowest BCUT2D eigenvalue weighted by atomic mass is 10.0. The second-order valence-corrected chi connectivity index (χ2v) is 8.61. The van der Waals surface area contributed by atoms with Crippen LogP contribution in [-0.4, -0.2) is 28.2 Å². The van der Waals surface area contributed by atoms with Gasteiger partial charge in [-0.1, -0.05) is 35.3 Å². The van der Waals surface area contributed by atoms with Crippen LogP contribution in [0.25, 0.3) is 33.4 Å². The lowest BCUT2D eigenvalue weighted by molar-refractivity contribution is 0.453. The fourth-order valence-corrected chi connectivity index (χ4v) is 3.99. The Morgan fingerprint density at radius 1 is 0.935 bits per heavy atom. The fraction of sp³-hybridized carbons (Fsp3) is 0. The highest BCUT2D eigenvalue weighted by atomic mass is 35.5. The summed E-state index contributed by atoms with van der Waals surface area (Å²) in [5.41, 5.74) is -0.830. The van der Waals surface area contributed by atoms with E-state index in [1.165, 1.54) is 0 Å². The molecular weight excluding hydrogens is 469 g/mol. The molecule has 0 saturated heterocycles. The minimum atomic E-state index is -4.70. The highest BCUT2D eigenvalue weighted by Crippen LogP contribution is 2.44. The van der Waals surface area contributed by atoms with Gasteiger partial charge < -0.3 is 14.6 Å². The minimum absolute atomic E-state index is 0.0366. The summed E-state index contributed by atoms with van der Waals surface area (Å²) in [6, 6.07) is 9.47. The van der Waals surface area contributed by atoms with Gasteiger partial charge in [-0.25, -0.2) is 4.98 Å². The van der Waals surface area contributed by atoms with E-state index in [9.17, 15) is 28.0 Å². The van der Waals surface area contributed by atoms with Crippen molar-refractivity contribution in [2.24, 2.45) is 0 Å². The van der Waals surface area contributed by atoms with Gasteiger partial charge in [-0.2, -0.15) is 8.42 Å². The summed E-state index contributed by atoms with van der Waals surface area (Å²) in [7, 11) is -4.70. The molecule has 4 rings (SSSR count). The molecule has 0 radical (unpaired) electrons. The van der Waals surface area contributed by atoms with Crippen molar-refractivity contribution in [2.75, 3.05) is 0 Å². The van der Waals surface area contributed by atoms with Crippen LogP contribution in [0.4, 0.5) is 0 Å². The maximum absolute atomic E-state index is 12.8. The van der Waals surface area contributed by atoms with E-state index in [0.717, 1.165) is 24.4 Å². The largest absolute Gasteiger partial charge is 0.507 e. The molecule has 158 valence electrons. The van der Waals surface area contributed by atoms with Gasteiger partial charge in [0.25, 0.3) is 0 Å². The Kier molecular flexibility index (Phi) is 5.14. The highest BCUT2D eigenvalue weighted by Gasteiger charge is 2.24. The van der Waals surface area contributed by atoms with E-state index < -0.39 is 32.1 Å². The van der Waals surface area contributed by atoms with Gasteiger partial charge in [0, 0.05) is 29.5 Å². The highest BCUT2D eigenvalue weighted by molar-refractivity contribution is 7.85. The number of hydrogen-bond acceptors (Lipinski definition) is 7. The zero-order chi connectivity index (χ0) is 22.5. The first-order valence-electron chi connectivity index (χ1n) is 8.49. The molecule has 11 heteroatoms. The number of rotatable bonds is 3. The van der Waals surface area contributed by atoms with Crippen molar-refractivity contribution >= 4 is 44.3 Å². The maximum Gasteiger partial charge on any atom is 0.312 e. The van der Waals surface area contributed by atoms with E-state index in [1.807, 2.05) is 0 Å². The third-order valence-corrected chi connectivity index (χ3v) is 5.85. The first-order valence-corrected chi connectivity index (χ1v) is 10.7. The summed E-state index contributed by atoms with van der Waals surface area (Å²) >= 11 is 12.4. The topological polar surface area (TPSA) is 138 Å². The van der Waals surface area contributed by atoms with Crippen LogP contribution in [0.5, 0.6) is 11.5 Å². The number of hydrogen-bond donors (Lipinski definition) is 3. The molecule has 0 amide bonds. The number of phenolic OH excluding ortho intramolecular Hbond substituents is 2. The average Bonchev–Trinajstić information content (AvgIpc) is 2.68. The van der Waals surface area contributed by atoms with Gasteiger partial charge >= 0.3 is 10.1 Å². The lowest BCUT2D eigenvalue weighted by Crippen LogP contribution is -2.04. The molecule has 0 atom stereocenters. The standard InChI is InChI=1S/C20H11Cl2NO7S/c21-11-4-2-1-3-9(11)16-7-15(26)19-14(25)6-13(24)18(20(19)30-16)10-5-17(31(27,28)29)23-8-12(10)22/h1-8,24-25H,(H,27,28,29). The SMILES string of the molecule is O=c1cc(-c2ccccc2Cl)oc2c(-c3cc(S(=O)(=O)O)ncc3Cl)c(O)cc(O)c12. The molecule has 0 saturated carbocycles. The lowest BCUT2D eigenvalue weighted by Gasteiger charge is -2.13. The van der Waals surface area contributed by atoms with E-state index in [1.54, 1.807) is 24.3 Å². The van der Waals surface area contributed by atoms with Crippen LogP contribution in [0.15, 0.2) is 62.9 Å². The van der Waals surface area contributed by atoms with Crippen LogP contribution in [-0.2, 0) is 10.1 Å². The number of aromatic hydroxyl groups is 2. The van der Waals surface area contributed by atoms with E-state index in [4.69, 9.17) is 27.6 Å². The van der Waals surface area contributed by atoms with Crippen molar-refractivity contribution in [3.8, 4) is 33.9 Å². The second kappa shape index (κ2) is 7.54. The second-order valence-electron chi connectivity index (χ2n) is 6.43. The molecule has 2 heterocycles. The van der Waals surface area contributed by atoms with Gasteiger partial charge in [-0.05, 0) is 18.2 Å². The van der Waals surface area contributed by atoms with Gasteiger partial charge in [0.2, 0.25) is 0 Å². The minimum Gasteiger partial charge on any atom is -0.507 e. The molecule has 0 spiro atoms. The Morgan fingerprint density at radius 2 is 1.65 bits per heavy atom. The van der Waals surface area contributed by atoms with Crippen LogP contribution < -0.4 is 5.43 Å². The smallest absolute Gasteiger partial charge is 0.312 e. The monoisotopic (exact) mass is 479 g/mol. The van der Waals surface area contributed by atoms with E-state index in [0.29, 0.717) is 5.56 Å². The molecule has 4 aromatic rings. The summed E-state index contributed by atoms with van der Waals surface area (Å²) in [4.78, 5) is 16.3. The quantitative estimate of drug-likeness (QED) is 0.365. The zero-order valence-electron chi connectivity index (χ0n) is 15.2. The van der Waals surface area contributed by atoms with Crippen molar-refractivity contribution < 1.29 is 27.6 Å². The van der Waals surface area contributed by atoms with Crippen molar-refractivity contribution in [2.45, 2.75) is 5.03 Å². The van der Waals surface area contributed by atoms with Crippen LogP contribution in [0, 0.1) is 0 Å². The van der Waals surface area contributed by atoms with E-state index in [2.05, 4.69) is 4.98 Å². The number of halogens is 2. The molecule has 0 fully saturated rings. The molecule has 0 aliphatic heterocycles. The average molecular weight is 480 g/mol. The first-order chi connectivity index (χ1) is 14.6. The van der Waals surface area contributed by atoms with Crippen LogP contribution >= 0.6 is 23.2 Å². The summed E-state index contributed by atoms with van der Waals surface area (Å²) in [5.74, 6) is -1.08. The summed E-state index contributed by atoms with van der Waals surface area (Å²) in [5, 5.41) is 19.9. The molecule has 0 aliphatic carbocycles. The number of nitrogens with zero attached hydrogens (tertiary/aromatic N) is 1. The maximum atomic E-state index is 12.8. The summed E-state index contributed by atoms with van der Waals surface area (Å²) < 4.78 is 38.2. The Labute approximate surface area is 184 Å². The number of pyridine rings is 1. The number of benzene rings is 2. The number of fused-ring (bicyclic) bond motifs is 1. The summed E-state index contributed by atoms with van der Waals surface area (Å²) in [6.45, 7) is 0. The van der Waals surface area contributed by atoms with Gasteiger partial charge in [0.1, 0.15) is 22.6 Å². The Balaban J connectivity index is 2.15. The van der Waals surface area contributed by atoms with Crippen LogP contribution in [0.3, 0.4) is 0 Å². The third-order valence-electron chi connectivity index (χ3n) is 4.46. The normalized spacial score (nSPS) is 11.7. The van der Waals surface area contributed by atoms with E-state index >= 15 is 0 Å². The predicted octanol–water partition coefficient (Wildman–Crippen LogP) is 4.49. The molecule has 2 aromatic heterocycles. The van der Waals surface area contributed by atoms with Gasteiger partial charge in [0.05, 0.1) is 15.6 Å². The predicted molar refractivity (Wildman–Crippen MR) is 114 cm³/mol. The first kappa shape index (κ1) is 21.1. The van der Waals surface area contributed by atoms with Crippen LogP contribution in [0.1, 0.15) is 0 Å². The van der Waals surface area contributed by atoms with Gasteiger partial charge in [-0.15, -0.1) is 0 Å². The molecule has 0 aliphatic rings.